The van der Waals surface area contributed by atoms with Crippen LogP contribution in [0, 0.1) is 5.41 Å². The third-order valence-corrected chi connectivity index (χ3v) is 7.65. The van der Waals surface area contributed by atoms with E-state index in [-0.39, 0.29) is 12.6 Å². The molecule has 3 aromatic rings. The van der Waals surface area contributed by atoms with Crippen molar-refractivity contribution < 1.29 is 28.9 Å². The molecule has 200 valence electrons. The average Bonchev–Trinajstić information content (AvgIpc) is 2.92. The number of hydrogen-bond acceptors (Lipinski definition) is 7. The largest absolute Gasteiger partial charge is 0.493 e. The predicted octanol–water partition coefficient (Wildman–Crippen LogP) is 4.96. The third kappa shape index (κ3) is 7.88. The molecule has 8 heteroatoms. The Hall–Kier alpha value is -2.73. The molecule has 7 nitrogen and oxygen atoms in total. The van der Waals surface area contributed by atoms with Gasteiger partial charge in [0.15, 0.2) is 0 Å². The van der Waals surface area contributed by atoms with Crippen molar-refractivity contribution in [2.24, 2.45) is 5.41 Å². The molecular formula is C29H37O7P. The Bertz CT molecular complexity index is 1200. The van der Waals surface area contributed by atoms with Gasteiger partial charge in [-0.3, -0.25) is 4.79 Å². The van der Waals surface area contributed by atoms with Crippen molar-refractivity contribution in [2.45, 2.75) is 58.2 Å². The van der Waals surface area contributed by atoms with Gasteiger partial charge in [0.2, 0.25) is 0 Å². The Morgan fingerprint density at radius 3 is 2.35 bits per heavy atom. The number of aliphatic hydroxyl groups excluding tert-OH is 2. The minimum atomic E-state index is -0.897. The zero-order valence-electron chi connectivity index (χ0n) is 21.5. The predicted molar refractivity (Wildman–Crippen MR) is 148 cm³/mol. The molecule has 1 heterocycles. The SMILES string of the molecule is CCC(C)(CP)C(=O)OCCCC(O)C(O)CCCOc1ccc2cc(-c3ccccc3)c(=O)oc2c1. The minimum absolute atomic E-state index is 0.219. The molecule has 4 unspecified atom stereocenters. The van der Waals surface area contributed by atoms with Gasteiger partial charge in [-0.1, -0.05) is 37.3 Å². The number of esters is 1. The van der Waals surface area contributed by atoms with Crippen LogP contribution >= 0.6 is 9.24 Å². The van der Waals surface area contributed by atoms with Gasteiger partial charge in [0.05, 0.1) is 36.4 Å². The Balaban J connectivity index is 1.41. The highest BCUT2D eigenvalue weighted by molar-refractivity contribution is 7.16. The van der Waals surface area contributed by atoms with Crippen molar-refractivity contribution in [1.82, 2.24) is 0 Å². The van der Waals surface area contributed by atoms with Gasteiger partial charge in [-0.15, -0.1) is 9.24 Å². The second-order valence-corrected chi connectivity index (χ2v) is 9.94. The van der Waals surface area contributed by atoms with Crippen molar-refractivity contribution >= 4 is 26.2 Å². The van der Waals surface area contributed by atoms with Crippen LogP contribution in [0.4, 0.5) is 0 Å². The van der Waals surface area contributed by atoms with E-state index < -0.39 is 23.2 Å². The molecule has 2 N–H and O–H groups in total. The Kier molecular flexibility index (Phi) is 10.7. The zero-order chi connectivity index (χ0) is 26.8. The number of benzene rings is 2. The molecule has 37 heavy (non-hydrogen) atoms. The van der Waals surface area contributed by atoms with Gasteiger partial charge in [0, 0.05) is 11.5 Å². The summed E-state index contributed by atoms with van der Waals surface area (Å²) in [5.41, 5.74) is 0.828. The zero-order valence-corrected chi connectivity index (χ0v) is 22.7. The van der Waals surface area contributed by atoms with E-state index in [1.165, 1.54) is 0 Å². The van der Waals surface area contributed by atoms with E-state index in [9.17, 15) is 19.8 Å². The van der Waals surface area contributed by atoms with E-state index in [0.717, 1.165) is 10.9 Å². The van der Waals surface area contributed by atoms with Gasteiger partial charge in [0.25, 0.3) is 0 Å². The number of fused-ring (bicyclic) bond motifs is 1. The third-order valence-electron chi connectivity index (χ3n) is 6.75. The monoisotopic (exact) mass is 528 g/mol. The minimum Gasteiger partial charge on any atom is -0.493 e. The van der Waals surface area contributed by atoms with Crippen molar-refractivity contribution in [2.75, 3.05) is 19.4 Å². The van der Waals surface area contributed by atoms with Gasteiger partial charge >= 0.3 is 11.6 Å². The summed E-state index contributed by atoms with van der Waals surface area (Å²) in [6.07, 6.45) is 1.26. The maximum Gasteiger partial charge on any atom is 0.344 e. The molecular weight excluding hydrogens is 491 g/mol. The average molecular weight is 529 g/mol. The highest BCUT2D eigenvalue weighted by Crippen LogP contribution is 2.26. The highest BCUT2D eigenvalue weighted by Gasteiger charge is 2.31. The molecule has 0 radical (unpaired) electrons. The number of carbonyl (C=O) groups is 1. The second-order valence-electron chi connectivity index (χ2n) is 9.54. The fraction of sp³-hybridized carbons (Fsp3) is 0.448. The number of hydrogen-bond donors (Lipinski definition) is 2. The number of ether oxygens (including phenoxy) is 2. The van der Waals surface area contributed by atoms with Gasteiger partial charge in [0.1, 0.15) is 11.3 Å². The summed E-state index contributed by atoms with van der Waals surface area (Å²) in [5.74, 6) is 0.325. The van der Waals surface area contributed by atoms with E-state index in [0.29, 0.717) is 61.8 Å². The first-order chi connectivity index (χ1) is 17.8. The molecule has 4 atom stereocenters. The number of carbonyl (C=O) groups excluding carboxylic acids is 1. The first-order valence-corrected chi connectivity index (χ1v) is 13.6. The van der Waals surface area contributed by atoms with Crippen LogP contribution in [-0.4, -0.2) is 47.8 Å². The van der Waals surface area contributed by atoms with Gasteiger partial charge in [-0.05, 0) is 69.0 Å². The summed E-state index contributed by atoms with van der Waals surface area (Å²) in [5, 5.41) is 21.3. The smallest absolute Gasteiger partial charge is 0.344 e. The van der Waals surface area contributed by atoms with Crippen LogP contribution in [0.1, 0.15) is 46.0 Å². The van der Waals surface area contributed by atoms with E-state index in [4.69, 9.17) is 13.9 Å². The molecule has 0 aliphatic rings. The van der Waals surface area contributed by atoms with E-state index >= 15 is 0 Å². The van der Waals surface area contributed by atoms with Crippen LogP contribution in [-0.2, 0) is 9.53 Å². The summed E-state index contributed by atoms with van der Waals surface area (Å²) in [4.78, 5) is 24.6. The summed E-state index contributed by atoms with van der Waals surface area (Å²) in [6, 6.07) is 16.5. The molecule has 0 spiro atoms. The van der Waals surface area contributed by atoms with Gasteiger partial charge < -0.3 is 24.1 Å². The van der Waals surface area contributed by atoms with Crippen LogP contribution in [0.3, 0.4) is 0 Å². The molecule has 1 aromatic heterocycles. The maximum atomic E-state index is 12.5. The van der Waals surface area contributed by atoms with Crippen LogP contribution in [0.15, 0.2) is 63.8 Å². The van der Waals surface area contributed by atoms with Crippen LogP contribution < -0.4 is 10.4 Å². The van der Waals surface area contributed by atoms with Crippen molar-refractivity contribution in [3.63, 3.8) is 0 Å². The number of aliphatic hydroxyl groups is 2. The fourth-order valence-corrected chi connectivity index (χ4v) is 4.33. The van der Waals surface area contributed by atoms with Gasteiger partial charge in [-0.2, -0.15) is 0 Å². The van der Waals surface area contributed by atoms with Crippen molar-refractivity contribution in [3.05, 3.63) is 65.0 Å². The number of rotatable bonds is 14. The van der Waals surface area contributed by atoms with Crippen molar-refractivity contribution in [1.29, 1.82) is 0 Å². The lowest BCUT2D eigenvalue weighted by atomic mass is 9.90. The van der Waals surface area contributed by atoms with E-state index in [1.807, 2.05) is 62.4 Å². The summed E-state index contributed by atoms with van der Waals surface area (Å²) < 4.78 is 16.6. The summed E-state index contributed by atoms with van der Waals surface area (Å²) in [7, 11) is 2.58. The summed E-state index contributed by atoms with van der Waals surface area (Å²) in [6.45, 7) is 4.38. The topological polar surface area (TPSA) is 106 Å². The molecule has 2 aromatic carbocycles. The maximum absolute atomic E-state index is 12.5. The Morgan fingerprint density at radius 1 is 1.03 bits per heavy atom. The molecule has 3 rings (SSSR count). The van der Waals surface area contributed by atoms with Crippen LogP contribution in [0.2, 0.25) is 0 Å². The quantitative estimate of drug-likeness (QED) is 0.132. The molecule has 0 fully saturated rings. The second kappa shape index (κ2) is 13.7. The van der Waals surface area contributed by atoms with Crippen LogP contribution in [0.25, 0.3) is 22.1 Å². The lowest BCUT2D eigenvalue weighted by Crippen LogP contribution is -2.31. The van der Waals surface area contributed by atoms with Gasteiger partial charge in [-0.25, -0.2) is 4.79 Å². The molecule has 0 saturated carbocycles. The normalized spacial score (nSPS) is 14.6. The molecule has 0 amide bonds. The Labute approximate surface area is 220 Å². The first kappa shape index (κ1) is 28.8. The van der Waals surface area contributed by atoms with E-state index in [2.05, 4.69) is 9.24 Å². The molecule has 0 saturated heterocycles. The molecule has 0 bridgehead atoms. The summed E-state index contributed by atoms with van der Waals surface area (Å²) >= 11 is 0. The highest BCUT2D eigenvalue weighted by atomic mass is 31.0. The Morgan fingerprint density at radius 2 is 1.70 bits per heavy atom. The van der Waals surface area contributed by atoms with E-state index in [1.54, 1.807) is 6.07 Å². The molecule has 0 aliphatic carbocycles. The van der Waals surface area contributed by atoms with Crippen molar-refractivity contribution in [3.8, 4) is 16.9 Å². The molecule has 0 aliphatic heterocycles. The standard InChI is InChI=1S/C29H37O7P/c1-3-29(2,19-37)28(33)35-16-8-12-25(31)24(30)11-7-15-34-22-14-13-21-17-23(20-9-5-4-6-10-20)27(32)36-26(21)18-22/h4-6,9-10,13-14,17-18,24-25,30-31H,3,7-8,11-12,15-16,19,37H2,1-2H3. The lowest BCUT2D eigenvalue weighted by Gasteiger charge is -2.24. The fourth-order valence-electron chi connectivity index (χ4n) is 3.87. The first-order valence-electron chi connectivity index (χ1n) is 12.8. The van der Waals surface area contributed by atoms with Crippen LogP contribution in [0.5, 0.6) is 5.75 Å². The lowest BCUT2D eigenvalue weighted by molar-refractivity contribution is -0.154.